The van der Waals surface area contributed by atoms with Crippen molar-refractivity contribution in [1.29, 1.82) is 0 Å². The van der Waals surface area contributed by atoms with Gasteiger partial charge in [0.2, 0.25) is 0 Å². The van der Waals surface area contributed by atoms with Crippen LogP contribution in [-0.4, -0.2) is 17.8 Å². The van der Waals surface area contributed by atoms with E-state index < -0.39 is 5.97 Å². The van der Waals surface area contributed by atoms with Crippen molar-refractivity contribution < 1.29 is 19.0 Å². The van der Waals surface area contributed by atoms with Gasteiger partial charge in [0.25, 0.3) is 0 Å². The zero-order chi connectivity index (χ0) is 15.8. The van der Waals surface area contributed by atoms with E-state index in [1.165, 1.54) is 6.07 Å². The molecule has 1 N–H and O–H groups in total. The molecule has 2 rings (SSSR count). The minimum absolute atomic E-state index is 0.0700. The quantitative estimate of drug-likeness (QED) is 0.620. The predicted molar refractivity (Wildman–Crippen MR) is 82.6 cm³/mol. The molecule has 4 heteroatoms. The van der Waals surface area contributed by atoms with Crippen molar-refractivity contribution >= 4 is 5.97 Å². The second kappa shape index (κ2) is 8.17. The van der Waals surface area contributed by atoms with E-state index >= 15 is 0 Å². The number of halogens is 1. The molecule has 0 saturated heterocycles. The Labute approximate surface area is 129 Å². The average molecular weight is 302 g/mol. The summed E-state index contributed by atoms with van der Waals surface area (Å²) in [5.41, 5.74) is 1.67. The number of alkyl halides is 1. The van der Waals surface area contributed by atoms with Gasteiger partial charge >= 0.3 is 5.97 Å². The van der Waals surface area contributed by atoms with E-state index in [2.05, 4.69) is 0 Å². The molecular weight excluding hydrogens is 283 g/mol. The molecule has 0 aliphatic heterocycles. The van der Waals surface area contributed by atoms with Crippen LogP contribution in [0.15, 0.2) is 48.5 Å². The van der Waals surface area contributed by atoms with Crippen molar-refractivity contribution in [3.8, 4) is 5.75 Å². The fourth-order valence-electron chi connectivity index (χ4n) is 2.17. The van der Waals surface area contributed by atoms with E-state index in [0.717, 1.165) is 5.56 Å². The van der Waals surface area contributed by atoms with Gasteiger partial charge in [-0.25, -0.2) is 4.79 Å². The van der Waals surface area contributed by atoms with Gasteiger partial charge in [-0.3, -0.25) is 4.39 Å². The summed E-state index contributed by atoms with van der Waals surface area (Å²) in [6.45, 7) is -0.217. The van der Waals surface area contributed by atoms with Crippen molar-refractivity contribution in [2.75, 3.05) is 6.67 Å². The van der Waals surface area contributed by atoms with Crippen LogP contribution in [0.25, 0.3) is 0 Å². The molecule has 0 heterocycles. The zero-order valence-electron chi connectivity index (χ0n) is 12.3. The van der Waals surface area contributed by atoms with Crippen LogP contribution < -0.4 is 0 Å². The minimum Gasteiger partial charge on any atom is -0.507 e. The summed E-state index contributed by atoms with van der Waals surface area (Å²) >= 11 is 0. The number of rotatable bonds is 7. The Kier molecular flexibility index (Phi) is 5.95. The van der Waals surface area contributed by atoms with Crippen LogP contribution in [-0.2, 0) is 17.8 Å². The average Bonchev–Trinajstić information content (AvgIpc) is 2.55. The highest BCUT2D eigenvalue weighted by Crippen LogP contribution is 2.25. The lowest BCUT2D eigenvalue weighted by Gasteiger charge is -2.10. The number of carbonyl (C=O) groups is 1. The van der Waals surface area contributed by atoms with Crippen LogP contribution in [0, 0.1) is 0 Å². The van der Waals surface area contributed by atoms with Gasteiger partial charge in [-0.15, -0.1) is 0 Å². The highest BCUT2D eigenvalue weighted by Gasteiger charge is 2.15. The second-order valence-corrected chi connectivity index (χ2v) is 5.02. The third kappa shape index (κ3) is 4.32. The smallest absolute Gasteiger partial charge is 0.342 e. The first-order chi connectivity index (χ1) is 10.7. The highest BCUT2D eigenvalue weighted by atomic mass is 19.1. The van der Waals surface area contributed by atoms with E-state index in [0.29, 0.717) is 24.8 Å². The van der Waals surface area contributed by atoms with Crippen LogP contribution >= 0.6 is 0 Å². The van der Waals surface area contributed by atoms with E-state index in [9.17, 15) is 14.3 Å². The molecule has 0 aromatic heterocycles. The molecule has 0 saturated carbocycles. The molecule has 0 spiro atoms. The lowest BCUT2D eigenvalue weighted by molar-refractivity contribution is 0.0469. The number of carbonyl (C=O) groups excluding carboxylic acids is 1. The van der Waals surface area contributed by atoms with Crippen LogP contribution in [0.5, 0.6) is 5.75 Å². The number of aryl methyl sites for hydroxylation is 1. The van der Waals surface area contributed by atoms with Gasteiger partial charge in [0, 0.05) is 0 Å². The highest BCUT2D eigenvalue weighted by molar-refractivity contribution is 5.92. The Balaban J connectivity index is 2.01. The van der Waals surface area contributed by atoms with E-state index in [1.807, 2.05) is 30.3 Å². The lowest BCUT2D eigenvalue weighted by atomic mass is 10.0. The molecule has 22 heavy (non-hydrogen) atoms. The Morgan fingerprint density at radius 3 is 2.55 bits per heavy atom. The zero-order valence-corrected chi connectivity index (χ0v) is 12.3. The normalized spacial score (nSPS) is 10.4. The van der Waals surface area contributed by atoms with Crippen LogP contribution in [0.3, 0.4) is 0 Å². The van der Waals surface area contributed by atoms with Gasteiger partial charge in [-0.05, 0) is 36.5 Å². The lowest BCUT2D eigenvalue weighted by Crippen LogP contribution is -2.06. The summed E-state index contributed by atoms with van der Waals surface area (Å²) in [7, 11) is 0. The Bertz CT molecular complexity index is 611. The Morgan fingerprint density at radius 1 is 1.05 bits per heavy atom. The molecule has 0 aliphatic carbocycles. The number of para-hydroxylation sites is 1. The van der Waals surface area contributed by atoms with Gasteiger partial charge < -0.3 is 9.84 Å². The Hall–Kier alpha value is -2.36. The van der Waals surface area contributed by atoms with Gasteiger partial charge in [0.1, 0.15) is 17.9 Å². The maximum absolute atomic E-state index is 12.1. The maximum atomic E-state index is 12.1. The molecule has 0 aliphatic rings. The summed E-state index contributed by atoms with van der Waals surface area (Å²) < 4.78 is 17.3. The molecule has 0 radical (unpaired) electrons. The summed E-state index contributed by atoms with van der Waals surface area (Å²) in [6, 6.07) is 14.3. The van der Waals surface area contributed by atoms with Crippen LogP contribution in [0.4, 0.5) is 4.39 Å². The van der Waals surface area contributed by atoms with Crippen molar-refractivity contribution in [2.45, 2.75) is 25.9 Å². The first-order valence-electron chi connectivity index (χ1n) is 7.30. The Morgan fingerprint density at radius 2 is 1.82 bits per heavy atom. The van der Waals surface area contributed by atoms with Crippen molar-refractivity contribution in [3.63, 3.8) is 0 Å². The number of phenolic OH excluding ortho intramolecular Hbond substituents is 1. The van der Waals surface area contributed by atoms with Gasteiger partial charge in [0.05, 0.1) is 6.67 Å². The summed E-state index contributed by atoms with van der Waals surface area (Å²) in [6.07, 6.45) is 1.62. The number of hydrogen-bond acceptors (Lipinski definition) is 3. The third-order valence-electron chi connectivity index (χ3n) is 3.38. The largest absolute Gasteiger partial charge is 0.507 e. The molecule has 0 atom stereocenters. The fraction of sp³-hybridized carbons (Fsp3) is 0.278. The first kappa shape index (κ1) is 16.0. The van der Waals surface area contributed by atoms with Gasteiger partial charge in [0.15, 0.2) is 0 Å². The number of benzene rings is 2. The standard InChI is InChI=1S/C18H19FO3/c19-12-5-4-9-15-10-6-11-16(17(15)20)18(21)22-13-14-7-2-1-3-8-14/h1-3,6-8,10-11,20H,4-5,9,12-13H2. The number of hydrogen-bond donors (Lipinski definition) is 1. The van der Waals surface area contributed by atoms with Crippen LogP contribution in [0.1, 0.15) is 34.3 Å². The predicted octanol–water partition coefficient (Wildman–Crippen LogP) is 4.04. The number of esters is 1. The maximum Gasteiger partial charge on any atom is 0.342 e. The number of phenols is 1. The summed E-state index contributed by atoms with van der Waals surface area (Å²) in [4.78, 5) is 12.1. The number of ether oxygens (including phenoxy) is 1. The monoisotopic (exact) mass is 302 g/mol. The summed E-state index contributed by atoms with van der Waals surface area (Å²) in [5.74, 6) is -0.631. The summed E-state index contributed by atoms with van der Waals surface area (Å²) in [5, 5.41) is 10.2. The van der Waals surface area contributed by atoms with Crippen molar-refractivity contribution in [1.82, 2.24) is 0 Å². The third-order valence-corrected chi connectivity index (χ3v) is 3.38. The molecule has 3 nitrogen and oxygen atoms in total. The van der Waals surface area contributed by atoms with Gasteiger partial charge in [-0.1, -0.05) is 42.5 Å². The number of aromatic hydroxyl groups is 1. The fourth-order valence-corrected chi connectivity index (χ4v) is 2.17. The van der Waals surface area contributed by atoms with Crippen molar-refractivity contribution in [3.05, 3.63) is 65.2 Å². The second-order valence-electron chi connectivity index (χ2n) is 5.02. The molecule has 2 aromatic carbocycles. The molecule has 0 amide bonds. The molecule has 0 bridgehead atoms. The minimum atomic E-state index is -0.561. The molecule has 116 valence electrons. The molecule has 2 aromatic rings. The van der Waals surface area contributed by atoms with Crippen molar-refractivity contribution in [2.24, 2.45) is 0 Å². The molecule has 0 fully saturated rings. The van der Waals surface area contributed by atoms with Gasteiger partial charge in [-0.2, -0.15) is 0 Å². The number of unbranched alkanes of at least 4 members (excludes halogenated alkanes) is 1. The van der Waals surface area contributed by atoms with Crippen LogP contribution in [0.2, 0.25) is 0 Å². The SMILES string of the molecule is O=C(OCc1ccccc1)c1cccc(CCCCF)c1O. The van der Waals surface area contributed by atoms with E-state index in [1.54, 1.807) is 12.1 Å². The topological polar surface area (TPSA) is 46.5 Å². The molecule has 0 unspecified atom stereocenters. The van der Waals surface area contributed by atoms with E-state index in [4.69, 9.17) is 4.74 Å². The molecular formula is C18H19FO3. The first-order valence-corrected chi connectivity index (χ1v) is 7.30. The van der Waals surface area contributed by atoms with E-state index in [-0.39, 0.29) is 24.6 Å².